The second kappa shape index (κ2) is 4.29. The van der Waals surface area contributed by atoms with Crippen molar-refractivity contribution in [2.24, 2.45) is 0 Å². The van der Waals surface area contributed by atoms with Crippen molar-refractivity contribution < 1.29 is 9.15 Å². The molecular formula is C12H12BrNO2. The summed E-state index contributed by atoms with van der Waals surface area (Å²) in [5.41, 5.74) is 2.87. The minimum absolute atomic E-state index is 0.630. The molecule has 0 aliphatic heterocycles. The lowest BCUT2D eigenvalue weighted by Gasteiger charge is -2.06. The highest BCUT2D eigenvalue weighted by atomic mass is 79.9. The molecule has 0 saturated heterocycles. The average Bonchev–Trinajstić information content (AvgIpc) is 2.57. The Morgan fingerprint density at radius 2 is 2.06 bits per heavy atom. The van der Waals surface area contributed by atoms with Crippen LogP contribution in [0, 0.1) is 13.8 Å². The quantitative estimate of drug-likeness (QED) is 0.841. The van der Waals surface area contributed by atoms with Crippen LogP contribution in [0.25, 0.3) is 11.3 Å². The van der Waals surface area contributed by atoms with Gasteiger partial charge < -0.3 is 9.15 Å². The summed E-state index contributed by atoms with van der Waals surface area (Å²) < 4.78 is 11.3. The zero-order valence-electron chi connectivity index (χ0n) is 9.37. The van der Waals surface area contributed by atoms with Crippen molar-refractivity contribution in [3.63, 3.8) is 0 Å². The molecule has 0 fully saturated rings. The number of aryl methyl sites for hydroxylation is 2. The third-order valence-electron chi connectivity index (χ3n) is 2.30. The van der Waals surface area contributed by atoms with Crippen LogP contribution in [0.15, 0.2) is 27.3 Å². The van der Waals surface area contributed by atoms with Crippen LogP contribution >= 0.6 is 15.9 Å². The van der Waals surface area contributed by atoms with E-state index in [-0.39, 0.29) is 0 Å². The third-order valence-corrected chi connectivity index (χ3v) is 2.84. The first-order valence-corrected chi connectivity index (χ1v) is 5.69. The molecule has 4 heteroatoms. The van der Waals surface area contributed by atoms with Crippen molar-refractivity contribution in [2.75, 3.05) is 7.11 Å². The molecule has 0 radical (unpaired) electrons. The molecule has 0 atom stereocenters. The van der Waals surface area contributed by atoms with Crippen LogP contribution in [0.1, 0.15) is 11.5 Å². The predicted octanol–water partition coefficient (Wildman–Crippen LogP) is 3.73. The third kappa shape index (κ3) is 1.97. The van der Waals surface area contributed by atoms with E-state index >= 15 is 0 Å². The molecule has 1 aromatic heterocycles. The summed E-state index contributed by atoms with van der Waals surface area (Å²) in [7, 11) is 1.65. The standard InChI is InChI=1S/C12H12BrNO2/c1-7-4-5-10(15-3)9(6-7)11-12(13)16-8(2)14-11/h4-6H,1-3H3. The SMILES string of the molecule is COc1ccc(C)cc1-c1nc(C)oc1Br. The van der Waals surface area contributed by atoms with Gasteiger partial charge in [-0.3, -0.25) is 0 Å². The minimum atomic E-state index is 0.630. The molecule has 0 N–H and O–H groups in total. The number of nitrogens with zero attached hydrogens (tertiary/aromatic N) is 1. The number of benzene rings is 1. The highest BCUT2D eigenvalue weighted by molar-refractivity contribution is 9.10. The fraction of sp³-hybridized carbons (Fsp3) is 0.250. The molecule has 0 unspecified atom stereocenters. The van der Waals surface area contributed by atoms with Crippen LogP contribution in [-0.2, 0) is 0 Å². The molecule has 16 heavy (non-hydrogen) atoms. The molecule has 2 rings (SSSR count). The van der Waals surface area contributed by atoms with E-state index in [1.165, 1.54) is 0 Å². The molecule has 3 nitrogen and oxygen atoms in total. The molecule has 0 spiro atoms. The second-order valence-electron chi connectivity index (χ2n) is 3.56. The average molecular weight is 282 g/mol. The molecule has 0 bridgehead atoms. The summed E-state index contributed by atoms with van der Waals surface area (Å²) in [4.78, 5) is 4.34. The Labute approximate surface area is 103 Å². The zero-order chi connectivity index (χ0) is 11.7. The molecule has 0 saturated carbocycles. The Kier molecular flexibility index (Phi) is 3.01. The maximum Gasteiger partial charge on any atom is 0.197 e. The molecule has 1 aromatic carbocycles. The van der Waals surface area contributed by atoms with Crippen molar-refractivity contribution in [3.05, 3.63) is 34.3 Å². The largest absolute Gasteiger partial charge is 0.496 e. The Balaban J connectivity index is 2.62. The van der Waals surface area contributed by atoms with E-state index in [0.29, 0.717) is 10.6 Å². The van der Waals surface area contributed by atoms with Crippen LogP contribution in [0.5, 0.6) is 5.75 Å². The normalized spacial score (nSPS) is 10.5. The van der Waals surface area contributed by atoms with E-state index in [1.54, 1.807) is 7.11 Å². The van der Waals surface area contributed by atoms with Crippen LogP contribution in [0.3, 0.4) is 0 Å². The summed E-state index contributed by atoms with van der Waals surface area (Å²) in [5, 5.41) is 0. The second-order valence-corrected chi connectivity index (χ2v) is 4.28. The van der Waals surface area contributed by atoms with Crippen molar-refractivity contribution in [1.82, 2.24) is 4.98 Å². The Morgan fingerprint density at radius 3 is 2.62 bits per heavy atom. The molecule has 0 aliphatic rings. The fourth-order valence-corrected chi connectivity index (χ4v) is 2.11. The lowest BCUT2D eigenvalue weighted by molar-refractivity contribution is 0.416. The zero-order valence-corrected chi connectivity index (χ0v) is 11.0. The summed E-state index contributed by atoms with van der Waals surface area (Å²) in [6, 6.07) is 5.96. The van der Waals surface area contributed by atoms with E-state index in [4.69, 9.17) is 9.15 Å². The number of oxazole rings is 1. The van der Waals surface area contributed by atoms with Crippen LogP contribution in [0.4, 0.5) is 0 Å². The summed E-state index contributed by atoms with van der Waals surface area (Å²) in [5.74, 6) is 1.42. The van der Waals surface area contributed by atoms with Gasteiger partial charge in [0.25, 0.3) is 0 Å². The summed E-state index contributed by atoms with van der Waals surface area (Å²) in [6.45, 7) is 3.85. The van der Waals surface area contributed by atoms with Gasteiger partial charge >= 0.3 is 0 Å². The fourth-order valence-electron chi connectivity index (χ4n) is 1.58. The van der Waals surface area contributed by atoms with Gasteiger partial charge in [0, 0.05) is 12.5 Å². The lowest BCUT2D eigenvalue weighted by atomic mass is 10.1. The maximum atomic E-state index is 5.36. The molecule has 2 aromatic rings. The Bertz CT molecular complexity index is 520. The van der Waals surface area contributed by atoms with Gasteiger partial charge in [0.05, 0.1) is 7.11 Å². The number of halogens is 1. The van der Waals surface area contributed by atoms with Crippen molar-refractivity contribution in [3.8, 4) is 17.0 Å². The van der Waals surface area contributed by atoms with Gasteiger partial charge in [-0.1, -0.05) is 11.6 Å². The molecule has 0 amide bonds. The highest BCUT2D eigenvalue weighted by Gasteiger charge is 2.15. The monoisotopic (exact) mass is 281 g/mol. The van der Waals surface area contributed by atoms with E-state index < -0.39 is 0 Å². The van der Waals surface area contributed by atoms with Gasteiger partial charge in [0.15, 0.2) is 10.6 Å². The van der Waals surface area contributed by atoms with Crippen molar-refractivity contribution in [1.29, 1.82) is 0 Å². The van der Waals surface area contributed by atoms with E-state index in [0.717, 1.165) is 22.6 Å². The van der Waals surface area contributed by atoms with Crippen molar-refractivity contribution >= 4 is 15.9 Å². The van der Waals surface area contributed by atoms with Gasteiger partial charge in [0.2, 0.25) is 0 Å². The van der Waals surface area contributed by atoms with Gasteiger partial charge in [-0.2, -0.15) is 0 Å². The van der Waals surface area contributed by atoms with Gasteiger partial charge in [-0.25, -0.2) is 4.98 Å². The Hall–Kier alpha value is -1.29. The molecule has 0 aliphatic carbocycles. The maximum absolute atomic E-state index is 5.36. The first-order valence-electron chi connectivity index (χ1n) is 4.89. The first kappa shape index (κ1) is 11.2. The summed E-state index contributed by atoms with van der Waals surface area (Å²) >= 11 is 3.36. The number of rotatable bonds is 2. The van der Waals surface area contributed by atoms with Crippen LogP contribution in [-0.4, -0.2) is 12.1 Å². The number of ether oxygens (including phenoxy) is 1. The Morgan fingerprint density at radius 1 is 1.31 bits per heavy atom. The van der Waals surface area contributed by atoms with E-state index in [9.17, 15) is 0 Å². The summed E-state index contributed by atoms with van der Waals surface area (Å²) in [6.07, 6.45) is 0. The number of hydrogen-bond donors (Lipinski definition) is 0. The van der Waals surface area contributed by atoms with E-state index in [2.05, 4.69) is 20.9 Å². The van der Waals surface area contributed by atoms with E-state index in [1.807, 2.05) is 32.0 Å². The highest BCUT2D eigenvalue weighted by Crippen LogP contribution is 2.35. The smallest absolute Gasteiger partial charge is 0.197 e. The van der Waals surface area contributed by atoms with Gasteiger partial charge in [-0.05, 0) is 35.0 Å². The topological polar surface area (TPSA) is 35.3 Å². The van der Waals surface area contributed by atoms with Crippen molar-refractivity contribution in [2.45, 2.75) is 13.8 Å². The van der Waals surface area contributed by atoms with Gasteiger partial charge in [-0.15, -0.1) is 0 Å². The molecular weight excluding hydrogens is 270 g/mol. The number of hydrogen-bond acceptors (Lipinski definition) is 3. The molecule has 1 heterocycles. The van der Waals surface area contributed by atoms with Crippen LogP contribution in [0.2, 0.25) is 0 Å². The van der Waals surface area contributed by atoms with Crippen LogP contribution < -0.4 is 4.74 Å². The number of aromatic nitrogens is 1. The first-order chi connectivity index (χ1) is 7.61. The molecule has 84 valence electrons. The predicted molar refractivity (Wildman–Crippen MR) is 65.7 cm³/mol. The lowest BCUT2D eigenvalue weighted by Crippen LogP contribution is -1.89. The number of methoxy groups -OCH3 is 1. The van der Waals surface area contributed by atoms with Gasteiger partial charge in [0.1, 0.15) is 11.4 Å². The minimum Gasteiger partial charge on any atom is -0.496 e.